The maximum absolute atomic E-state index is 12.5. The summed E-state index contributed by atoms with van der Waals surface area (Å²) in [6.45, 7) is 1.97. The van der Waals surface area contributed by atoms with E-state index in [2.05, 4.69) is 4.98 Å². The van der Waals surface area contributed by atoms with Crippen LogP contribution in [-0.2, 0) is 6.42 Å². The monoisotopic (exact) mass is 348 g/mol. The molecule has 0 atom stereocenters. The summed E-state index contributed by atoms with van der Waals surface area (Å²) in [5.41, 5.74) is 12.2. The summed E-state index contributed by atoms with van der Waals surface area (Å²) in [7, 11) is 0. The fraction of sp³-hybridized carbons (Fsp3) is 0.100. The Balaban J connectivity index is 1.82. The molecule has 2 N–H and O–H groups in total. The van der Waals surface area contributed by atoms with Crippen LogP contribution in [0.3, 0.4) is 0 Å². The van der Waals surface area contributed by atoms with Crippen LogP contribution in [0.2, 0.25) is 0 Å². The average Bonchev–Trinajstić information content (AvgIpc) is 3.13. The molecule has 0 aliphatic carbocycles. The molecule has 0 saturated heterocycles. The Hall–Kier alpha value is -2.92. The van der Waals surface area contributed by atoms with E-state index in [9.17, 15) is 4.79 Å². The van der Waals surface area contributed by atoms with Crippen LogP contribution in [0.25, 0.3) is 21.4 Å². The van der Waals surface area contributed by atoms with Gasteiger partial charge in [0.1, 0.15) is 5.58 Å². The van der Waals surface area contributed by atoms with Gasteiger partial charge in [0.05, 0.1) is 10.4 Å². The van der Waals surface area contributed by atoms with Gasteiger partial charge in [0.25, 0.3) is 0 Å². The zero-order valence-corrected chi connectivity index (χ0v) is 14.5. The number of fused-ring (bicyclic) bond motifs is 1. The number of hydrogen-bond acceptors (Lipinski definition) is 5. The van der Waals surface area contributed by atoms with Crippen LogP contribution < -0.4 is 11.4 Å². The first-order valence-corrected chi connectivity index (χ1v) is 8.79. The van der Waals surface area contributed by atoms with Gasteiger partial charge in [0.15, 0.2) is 0 Å². The summed E-state index contributed by atoms with van der Waals surface area (Å²) < 4.78 is 5.61. The van der Waals surface area contributed by atoms with Crippen molar-refractivity contribution in [3.05, 3.63) is 81.3 Å². The van der Waals surface area contributed by atoms with Crippen molar-refractivity contribution in [1.82, 2.24) is 4.98 Å². The Labute approximate surface area is 148 Å². The highest BCUT2D eigenvalue weighted by molar-refractivity contribution is 7.13. The predicted octanol–water partition coefficient (Wildman–Crippen LogP) is 4.40. The van der Waals surface area contributed by atoms with Gasteiger partial charge in [-0.05, 0) is 41.8 Å². The van der Waals surface area contributed by atoms with Gasteiger partial charge in [-0.2, -0.15) is 0 Å². The van der Waals surface area contributed by atoms with Gasteiger partial charge in [-0.15, -0.1) is 11.3 Å². The number of nitrogen functional groups attached to an aromatic ring is 1. The third kappa shape index (κ3) is 2.94. The number of aryl methyl sites for hydroxylation is 1. The van der Waals surface area contributed by atoms with E-state index >= 15 is 0 Å². The molecule has 4 aromatic rings. The molecule has 4 rings (SSSR count). The van der Waals surface area contributed by atoms with Crippen LogP contribution in [0.1, 0.15) is 16.7 Å². The molecule has 0 aliphatic rings. The van der Waals surface area contributed by atoms with Crippen molar-refractivity contribution in [1.29, 1.82) is 0 Å². The Morgan fingerprint density at radius 3 is 2.84 bits per heavy atom. The van der Waals surface area contributed by atoms with Crippen LogP contribution in [0, 0.1) is 6.92 Å². The number of nitrogens with zero attached hydrogens (tertiary/aromatic N) is 1. The van der Waals surface area contributed by atoms with E-state index in [-0.39, 0.29) is 5.63 Å². The molecule has 2 heterocycles. The van der Waals surface area contributed by atoms with Crippen molar-refractivity contribution in [2.75, 3.05) is 5.73 Å². The maximum atomic E-state index is 12.5. The fourth-order valence-electron chi connectivity index (χ4n) is 3.02. The summed E-state index contributed by atoms with van der Waals surface area (Å²) in [5, 5.41) is 0.951. The lowest BCUT2D eigenvalue weighted by Crippen LogP contribution is -2.11. The first kappa shape index (κ1) is 15.6. The zero-order valence-electron chi connectivity index (χ0n) is 13.7. The number of aromatic nitrogens is 1. The van der Waals surface area contributed by atoms with Crippen molar-refractivity contribution in [2.24, 2.45) is 0 Å². The molecule has 2 aromatic carbocycles. The number of thiazole rings is 1. The summed E-state index contributed by atoms with van der Waals surface area (Å²) in [6, 6.07) is 13.5. The first-order chi connectivity index (χ1) is 12.1. The van der Waals surface area contributed by atoms with E-state index < -0.39 is 0 Å². The lowest BCUT2D eigenvalue weighted by Gasteiger charge is -2.09. The highest BCUT2D eigenvalue weighted by Crippen LogP contribution is 2.29. The van der Waals surface area contributed by atoms with Crippen LogP contribution in [-0.4, -0.2) is 4.98 Å². The number of nitrogens with two attached hydrogens (primary N) is 1. The van der Waals surface area contributed by atoms with E-state index in [4.69, 9.17) is 10.2 Å². The SMILES string of the molecule is Cc1c(Cc2cccc(N)c2)c(=O)oc2cc(-c3cncs3)ccc12. The standard InChI is InChI=1S/C20H16N2O2S/c1-12-16-6-5-14(19-10-22-11-25-19)9-18(16)24-20(23)17(12)8-13-3-2-4-15(21)7-13/h2-7,9-11H,8,21H2,1H3. The molecule has 5 heteroatoms. The molecule has 0 bridgehead atoms. The molecular formula is C20H16N2O2S. The Kier molecular flexibility index (Phi) is 3.86. The van der Waals surface area contributed by atoms with Crippen molar-refractivity contribution < 1.29 is 4.42 Å². The van der Waals surface area contributed by atoms with E-state index in [1.54, 1.807) is 16.8 Å². The lowest BCUT2D eigenvalue weighted by atomic mass is 9.98. The quantitative estimate of drug-likeness (QED) is 0.440. The molecule has 0 saturated carbocycles. The molecule has 4 nitrogen and oxygen atoms in total. The summed E-state index contributed by atoms with van der Waals surface area (Å²) in [4.78, 5) is 17.7. The van der Waals surface area contributed by atoms with Gasteiger partial charge < -0.3 is 10.2 Å². The lowest BCUT2D eigenvalue weighted by molar-refractivity contribution is 0.551. The zero-order chi connectivity index (χ0) is 17.4. The Morgan fingerprint density at radius 2 is 2.08 bits per heavy atom. The van der Waals surface area contributed by atoms with Crippen molar-refractivity contribution >= 4 is 28.0 Å². The second kappa shape index (κ2) is 6.18. The van der Waals surface area contributed by atoms with Crippen LogP contribution in [0.5, 0.6) is 0 Å². The summed E-state index contributed by atoms with van der Waals surface area (Å²) in [6.07, 6.45) is 2.32. The van der Waals surface area contributed by atoms with Crippen molar-refractivity contribution in [3.8, 4) is 10.4 Å². The molecule has 0 spiro atoms. The van der Waals surface area contributed by atoms with Gasteiger partial charge in [0, 0.05) is 29.3 Å². The normalized spacial score (nSPS) is 11.1. The third-order valence-electron chi connectivity index (χ3n) is 4.34. The van der Waals surface area contributed by atoms with Crippen molar-refractivity contribution in [2.45, 2.75) is 13.3 Å². The largest absolute Gasteiger partial charge is 0.422 e. The minimum Gasteiger partial charge on any atom is -0.422 e. The van der Waals surface area contributed by atoms with E-state index in [0.29, 0.717) is 23.3 Å². The van der Waals surface area contributed by atoms with Gasteiger partial charge in [-0.25, -0.2) is 4.79 Å². The van der Waals surface area contributed by atoms with E-state index in [0.717, 1.165) is 27.0 Å². The Bertz CT molecular complexity index is 1110. The molecule has 25 heavy (non-hydrogen) atoms. The maximum Gasteiger partial charge on any atom is 0.340 e. The molecule has 0 aliphatic heterocycles. The second-order valence-electron chi connectivity index (χ2n) is 5.99. The topological polar surface area (TPSA) is 69.1 Å². The molecule has 2 aromatic heterocycles. The van der Waals surface area contributed by atoms with Crippen LogP contribution in [0.4, 0.5) is 5.69 Å². The number of benzene rings is 2. The Morgan fingerprint density at radius 1 is 1.20 bits per heavy atom. The van der Waals surface area contributed by atoms with Crippen LogP contribution in [0.15, 0.2) is 63.4 Å². The number of anilines is 1. The van der Waals surface area contributed by atoms with Gasteiger partial charge in [0.2, 0.25) is 0 Å². The average molecular weight is 348 g/mol. The highest BCUT2D eigenvalue weighted by Gasteiger charge is 2.13. The first-order valence-electron chi connectivity index (χ1n) is 7.91. The van der Waals surface area contributed by atoms with Gasteiger partial charge in [-0.1, -0.05) is 24.3 Å². The number of rotatable bonds is 3. The van der Waals surface area contributed by atoms with E-state index in [1.807, 2.05) is 55.6 Å². The van der Waals surface area contributed by atoms with Crippen LogP contribution >= 0.6 is 11.3 Å². The summed E-state index contributed by atoms with van der Waals surface area (Å²) in [5.74, 6) is 0. The van der Waals surface area contributed by atoms with Gasteiger partial charge in [-0.3, -0.25) is 4.98 Å². The van der Waals surface area contributed by atoms with E-state index in [1.165, 1.54) is 0 Å². The molecule has 0 unspecified atom stereocenters. The number of hydrogen-bond donors (Lipinski definition) is 1. The molecule has 0 amide bonds. The second-order valence-corrected chi connectivity index (χ2v) is 6.88. The molecule has 0 radical (unpaired) electrons. The van der Waals surface area contributed by atoms with Gasteiger partial charge >= 0.3 is 5.63 Å². The predicted molar refractivity (Wildman–Crippen MR) is 102 cm³/mol. The summed E-state index contributed by atoms with van der Waals surface area (Å²) >= 11 is 1.56. The third-order valence-corrected chi connectivity index (χ3v) is 5.16. The fourth-order valence-corrected chi connectivity index (χ4v) is 3.64. The molecular weight excluding hydrogens is 332 g/mol. The van der Waals surface area contributed by atoms with Crippen molar-refractivity contribution in [3.63, 3.8) is 0 Å². The minimum absolute atomic E-state index is 0.297. The smallest absolute Gasteiger partial charge is 0.340 e. The highest BCUT2D eigenvalue weighted by atomic mass is 32.1. The molecule has 0 fully saturated rings. The molecule has 124 valence electrons. The minimum atomic E-state index is -0.297.